The minimum absolute atomic E-state index is 0.843. The van der Waals surface area contributed by atoms with Gasteiger partial charge in [0.2, 0.25) is 0 Å². The zero-order valence-corrected chi connectivity index (χ0v) is 8.49. The number of thioether (sulfide) groups is 1. The van der Waals surface area contributed by atoms with E-state index in [4.69, 9.17) is 0 Å². The summed E-state index contributed by atoms with van der Waals surface area (Å²) in [6, 6.07) is 0. The second-order valence-electron chi connectivity index (χ2n) is 3.38. The first-order valence-corrected chi connectivity index (χ1v) is 5.87. The van der Waals surface area contributed by atoms with Crippen LogP contribution in [0.5, 0.6) is 0 Å². The summed E-state index contributed by atoms with van der Waals surface area (Å²) in [6.45, 7) is 6.34. The van der Waals surface area contributed by atoms with Crippen LogP contribution in [-0.4, -0.2) is 36.0 Å². The molecule has 0 aromatic carbocycles. The molecule has 1 nitrogen and oxygen atoms in total. The third kappa shape index (κ3) is 3.48. The molecular formula is C9H19NS. The number of likely N-dealkylation sites (tertiary alicyclic amines) is 1. The van der Waals surface area contributed by atoms with Crippen molar-refractivity contribution in [2.45, 2.75) is 31.4 Å². The van der Waals surface area contributed by atoms with Crippen LogP contribution >= 0.6 is 11.8 Å². The zero-order chi connectivity index (χ0) is 8.10. The Morgan fingerprint density at radius 3 is 2.55 bits per heavy atom. The van der Waals surface area contributed by atoms with Crippen molar-refractivity contribution < 1.29 is 0 Å². The topological polar surface area (TPSA) is 3.24 Å². The fourth-order valence-corrected chi connectivity index (χ4v) is 1.83. The Morgan fingerprint density at radius 1 is 1.36 bits per heavy atom. The fraction of sp³-hybridized carbons (Fsp3) is 1.00. The zero-order valence-electron chi connectivity index (χ0n) is 7.68. The van der Waals surface area contributed by atoms with E-state index in [-0.39, 0.29) is 0 Å². The van der Waals surface area contributed by atoms with Crippen molar-refractivity contribution in [1.82, 2.24) is 4.90 Å². The number of rotatable bonds is 4. The molecule has 0 aromatic heterocycles. The molecule has 0 bridgehead atoms. The first-order chi connectivity index (χ1) is 5.33. The third-order valence-corrected chi connectivity index (χ3v) is 3.49. The highest BCUT2D eigenvalue weighted by Crippen LogP contribution is 2.13. The number of hydrogen-bond donors (Lipinski definition) is 0. The van der Waals surface area contributed by atoms with Gasteiger partial charge < -0.3 is 4.90 Å². The van der Waals surface area contributed by atoms with E-state index < -0.39 is 0 Å². The van der Waals surface area contributed by atoms with Crippen LogP contribution in [0.15, 0.2) is 0 Å². The van der Waals surface area contributed by atoms with Gasteiger partial charge in [0.25, 0.3) is 0 Å². The van der Waals surface area contributed by atoms with Crippen LogP contribution < -0.4 is 0 Å². The van der Waals surface area contributed by atoms with E-state index in [1.54, 1.807) is 0 Å². The maximum atomic E-state index is 2.59. The van der Waals surface area contributed by atoms with Gasteiger partial charge in [-0.2, -0.15) is 11.8 Å². The molecule has 0 aliphatic carbocycles. The summed E-state index contributed by atoms with van der Waals surface area (Å²) in [5.41, 5.74) is 0. The molecule has 2 heteroatoms. The molecule has 0 N–H and O–H groups in total. The minimum atomic E-state index is 0.843. The molecule has 1 aliphatic heterocycles. The molecule has 11 heavy (non-hydrogen) atoms. The summed E-state index contributed by atoms with van der Waals surface area (Å²) in [7, 11) is 0. The smallest absolute Gasteiger partial charge is 0.00281 e. The minimum Gasteiger partial charge on any atom is -0.303 e. The average molecular weight is 173 g/mol. The first-order valence-electron chi connectivity index (χ1n) is 4.58. The lowest BCUT2D eigenvalue weighted by molar-refractivity contribution is 0.334. The standard InChI is InChI=1S/C9H19NS/c1-9(11-2)5-8-10-6-3-4-7-10/h9H,3-8H2,1-2H3. The quantitative estimate of drug-likeness (QED) is 0.641. The third-order valence-electron chi connectivity index (χ3n) is 2.45. The van der Waals surface area contributed by atoms with Gasteiger partial charge in [-0.25, -0.2) is 0 Å². The molecule has 1 aliphatic rings. The summed E-state index contributed by atoms with van der Waals surface area (Å²) in [6.07, 6.45) is 6.41. The molecule has 1 rings (SSSR count). The predicted molar refractivity (Wildman–Crippen MR) is 53.3 cm³/mol. The van der Waals surface area contributed by atoms with Gasteiger partial charge in [0.15, 0.2) is 0 Å². The lowest BCUT2D eigenvalue weighted by atomic mass is 10.3. The van der Waals surface area contributed by atoms with Gasteiger partial charge in [0.05, 0.1) is 0 Å². The Kier molecular flexibility index (Phi) is 4.31. The monoisotopic (exact) mass is 173 g/mol. The van der Waals surface area contributed by atoms with Gasteiger partial charge in [0.1, 0.15) is 0 Å². The van der Waals surface area contributed by atoms with Gasteiger partial charge in [0, 0.05) is 5.25 Å². The molecule has 0 saturated carbocycles. The van der Waals surface area contributed by atoms with Crippen molar-refractivity contribution in [3.05, 3.63) is 0 Å². The van der Waals surface area contributed by atoms with Crippen LogP contribution in [0.2, 0.25) is 0 Å². The largest absolute Gasteiger partial charge is 0.303 e. The second-order valence-corrected chi connectivity index (χ2v) is 4.66. The predicted octanol–water partition coefficient (Wildman–Crippen LogP) is 2.22. The lowest BCUT2D eigenvalue weighted by Crippen LogP contribution is -2.22. The Balaban J connectivity index is 2.01. The summed E-state index contributed by atoms with van der Waals surface area (Å²) < 4.78 is 0. The van der Waals surface area contributed by atoms with Crippen molar-refractivity contribution in [2.75, 3.05) is 25.9 Å². The van der Waals surface area contributed by atoms with Crippen LogP contribution in [0, 0.1) is 0 Å². The van der Waals surface area contributed by atoms with Crippen LogP contribution in [0.4, 0.5) is 0 Å². The molecule has 0 aromatic rings. The van der Waals surface area contributed by atoms with Gasteiger partial charge in [-0.3, -0.25) is 0 Å². The maximum Gasteiger partial charge on any atom is 0.00281 e. The summed E-state index contributed by atoms with van der Waals surface area (Å²) in [5, 5.41) is 0.843. The number of nitrogens with zero attached hydrogens (tertiary/aromatic N) is 1. The van der Waals surface area contributed by atoms with Gasteiger partial charge in [-0.1, -0.05) is 6.92 Å². The molecular weight excluding hydrogens is 154 g/mol. The Hall–Kier alpha value is 0.310. The SMILES string of the molecule is CSC(C)CCN1CCCC1. The van der Waals surface area contributed by atoms with E-state index in [9.17, 15) is 0 Å². The molecule has 0 amide bonds. The van der Waals surface area contributed by atoms with E-state index in [1.807, 2.05) is 11.8 Å². The van der Waals surface area contributed by atoms with Crippen molar-refractivity contribution in [2.24, 2.45) is 0 Å². The van der Waals surface area contributed by atoms with Crippen LogP contribution in [0.1, 0.15) is 26.2 Å². The molecule has 66 valence electrons. The van der Waals surface area contributed by atoms with Gasteiger partial charge in [-0.05, 0) is 45.2 Å². The van der Waals surface area contributed by atoms with E-state index in [0.29, 0.717) is 0 Å². The first kappa shape index (κ1) is 9.40. The van der Waals surface area contributed by atoms with E-state index in [1.165, 1.54) is 38.9 Å². The van der Waals surface area contributed by atoms with Crippen molar-refractivity contribution in [3.63, 3.8) is 0 Å². The Labute approximate surface area is 74.5 Å². The van der Waals surface area contributed by atoms with Gasteiger partial charge >= 0.3 is 0 Å². The molecule has 1 fully saturated rings. The maximum absolute atomic E-state index is 2.59. The van der Waals surface area contributed by atoms with E-state index >= 15 is 0 Å². The van der Waals surface area contributed by atoms with Crippen molar-refractivity contribution >= 4 is 11.8 Å². The highest BCUT2D eigenvalue weighted by Gasteiger charge is 2.11. The van der Waals surface area contributed by atoms with E-state index in [0.717, 1.165) is 5.25 Å². The molecule has 1 unspecified atom stereocenters. The average Bonchev–Trinajstić information content (AvgIpc) is 2.52. The summed E-state index contributed by atoms with van der Waals surface area (Å²) >= 11 is 1.98. The molecule has 1 atom stereocenters. The van der Waals surface area contributed by atoms with Crippen molar-refractivity contribution in [3.8, 4) is 0 Å². The Bertz CT molecular complexity index is 99.7. The van der Waals surface area contributed by atoms with Crippen LogP contribution in [0.3, 0.4) is 0 Å². The van der Waals surface area contributed by atoms with E-state index in [2.05, 4.69) is 18.1 Å². The van der Waals surface area contributed by atoms with Crippen LogP contribution in [0.25, 0.3) is 0 Å². The molecule has 1 heterocycles. The molecule has 0 spiro atoms. The molecule has 1 saturated heterocycles. The lowest BCUT2D eigenvalue weighted by Gasteiger charge is -2.16. The molecule has 0 radical (unpaired) electrons. The summed E-state index contributed by atoms with van der Waals surface area (Å²) in [4.78, 5) is 2.59. The van der Waals surface area contributed by atoms with Crippen molar-refractivity contribution in [1.29, 1.82) is 0 Å². The highest BCUT2D eigenvalue weighted by molar-refractivity contribution is 7.99. The summed E-state index contributed by atoms with van der Waals surface area (Å²) in [5.74, 6) is 0. The second kappa shape index (κ2) is 5.04. The fourth-order valence-electron chi connectivity index (χ4n) is 1.49. The van der Waals surface area contributed by atoms with Gasteiger partial charge in [-0.15, -0.1) is 0 Å². The normalized spacial score (nSPS) is 22.4. The Morgan fingerprint density at radius 2 is 2.00 bits per heavy atom. The highest BCUT2D eigenvalue weighted by atomic mass is 32.2. The number of hydrogen-bond acceptors (Lipinski definition) is 2. The van der Waals surface area contributed by atoms with Crippen LogP contribution in [-0.2, 0) is 0 Å².